The van der Waals surface area contributed by atoms with E-state index in [2.05, 4.69) is 5.32 Å². The van der Waals surface area contributed by atoms with E-state index in [9.17, 15) is 27.6 Å². The van der Waals surface area contributed by atoms with Crippen LogP contribution in [0, 0.1) is 0 Å². The first kappa shape index (κ1) is 27.9. The number of halogens is 3. The van der Waals surface area contributed by atoms with Crippen molar-refractivity contribution in [3.05, 3.63) is 87.8 Å². The van der Waals surface area contributed by atoms with Crippen molar-refractivity contribution < 1.29 is 37.0 Å². The van der Waals surface area contributed by atoms with Gasteiger partial charge in [0.1, 0.15) is 0 Å². The number of thioether (sulfide) groups is 1. The minimum Gasteiger partial charge on any atom is -0.466 e. The summed E-state index contributed by atoms with van der Waals surface area (Å²) in [6.45, 7) is 3.11. The summed E-state index contributed by atoms with van der Waals surface area (Å²) in [5, 5.41) is 2.66. The monoisotopic (exact) mass is 534 g/mol. The number of nitrogen functional groups attached to an aromatic ring is 1. The van der Waals surface area contributed by atoms with Crippen molar-refractivity contribution >= 4 is 34.5 Å². The van der Waals surface area contributed by atoms with E-state index in [0.717, 1.165) is 31.0 Å². The van der Waals surface area contributed by atoms with Crippen molar-refractivity contribution in [3.63, 3.8) is 0 Å². The van der Waals surface area contributed by atoms with E-state index in [0.29, 0.717) is 11.3 Å². The molecule has 2 aromatic carbocycles. The van der Waals surface area contributed by atoms with Crippen molar-refractivity contribution in [1.82, 2.24) is 5.32 Å². The highest BCUT2D eigenvalue weighted by atomic mass is 32.2. The lowest BCUT2D eigenvalue weighted by Gasteiger charge is -2.31. The second-order valence-electron chi connectivity index (χ2n) is 8.02. The molecule has 196 valence electrons. The lowest BCUT2D eigenvalue weighted by atomic mass is 9.80. The van der Waals surface area contributed by atoms with E-state index in [-0.39, 0.29) is 45.6 Å². The number of carbonyl (C=O) groups excluding carboxylic acids is 3. The molecule has 0 aliphatic carbocycles. The van der Waals surface area contributed by atoms with Crippen LogP contribution in [0.5, 0.6) is 0 Å². The number of benzene rings is 2. The van der Waals surface area contributed by atoms with Gasteiger partial charge in [-0.1, -0.05) is 30.0 Å². The van der Waals surface area contributed by atoms with Crippen LogP contribution in [0.15, 0.2) is 71.1 Å². The van der Waals surface area contributed by atoms with Gasteiger partial charge in [-0.3, -0.25) is 4.79 Å². The number of rotatable bonds is 7. The van der Waals surface area contributed by atoms with Gasteiger partial charge in [-0.25, -0.2) is 9.59 Å². The molecular formula is C26H25F3N2O5S. The minimum atomic E-state index is -4.65. The van der Waals surface area contributed by atoms with Gasteiger partial charge in [-0.05, 0) is 49.7 Å². The van der Waals surface area contributed by atoms with Crippen molar-refractivity contribution in [2.75, 3.05) is 25.2 Å². The van der Waals surface area contributed by atoms with Gasteiger partial charge in [0.25, 0.3) is 0 Å². The summed E-state index contributed by atoms with van der Waals surface area (Å²) >= 11 is 0.877. The number of hydrogen-bond donors (Lipinski definition) is 2. The number of alkyl halides is 3. The highest BCUT2D eigenvalue weighted by Crippen LogP contribution is 2.41. The molecule has 1 aliphatic rings. The Labute approximate surface area is 215 Å². The molecule has 1 unspecified atom stereocenters. The van der Waals surface area contributed by atoms with E-state index >= 15 is 0 Å². The summed E-state index contributed by atoms with van der Waals surface area (Å²) in [5.74, 6) is -2.92. The van der Waals surface area contributed by atoms with Crippen LogP contribution in [0.2, 0.25) is 0 Å². The van der Waals surface area contributed by atoms with E-state index < -0.39 is 29.6 Å². The first-order chi connectivity index (χ1) is 17.5. The number of nitrogens with two attached hydrogens (primary N) is 1. The Morgan fingerprint density at radius 1 is 1.05 bits per heavy atom. The Morgan fingerprint density at radius 3 is 2.32 bits per heavy atom. The molecule has 3 N–H and O–H groups in total. The first-order valence-corrected chi connectivity index (χ1v) is 12.1. The number of esters is 2. The van der Waals surface area contributed by atoms with E-state index in [1.54, 1.807) is 38.1 Å². The highest BCUT2D eigenvalue weighted by Gasteiger charge is 2.40. The Hall–Kier alpha value is -3.73. The first-order valence-electron chi connectivity index (χ1n) is 11.1. The number of dihydropyridines is 1. The molecule has 37 heavy (non-hydrogen) atoms. The van der Waals surface area contributed by atoms with Gasteiger partial charge in [0.15, 0.2) is 0 Å². The smallest absolute Gasteiger partial charge is 0.416 e. The summed E-state index contributed by atoms with van der Waals surface area (Å²) in [6, 6.07) is 10.7. The zero-order valence-corrected chi connectivity index (χ0v) is 21.1. The number of ether oxygens (including phenoxy) is 2. The number of nitrogens with one attached hydrogen (secondary N) is 1. The van der Waals surface area contributed by atoms with Crippen molar-refractivity contribution in [3.8, 4) is 0 Å². The zero-order chi connectivity index (χ0) is 27.3. The fourth-order valence-corrected chi connectivity index (χ4v) is 4.71. The molecule has 1 atom stereocenters. The average Bonchev–Trinajstić information content (AvgIpc) is 2.86. The van der Waals surface area contributed by atoms with Gasteiger partial charge in [0.05, 0.1) is 36.3 Å². The molecular weight excluding hydrogens is 509 g/mol. The van der Waals surface area contributed by atoms with Crippen molar-refractivity contribution in [2.45, 2.75) is 25.9 Å². The van der Waals surface area contributed by atoms with Gasteiger partial charge in [0.2, 0.25) is 5.12 Å². The predicted molar refractivity (Wildman–Crippen MR) is 133 cm³/mol. The lowest BCUT2D eigenvalue weighted by Crippen LogP contribution is -2.34. The fraction of sp³-hybridized carbons (Fsp3) is 0.269. The second-order valence-corrected chi connectivity index (χ2v) is 8.97. The third-order valence-electron chi connectivity index (χ3n) is 5.59. The fourth-order valence-electron chi connectivity index (χ4n) is 3.91. The van der Waals surface area contributed by atoms with E-state index in [4.69, 9.17) is 15.2 Å². The molecule has 0 saturated heterocycles. The third-order valence-corrected chi connectivity index (χ3v) is 6.52. The molecule has 0 aromatic heterocycles. The Morgan fingerprint density at radius 2 is 1.73 bits per heavy atom. The predicted octanol–water partition coefficient (Wildman–Crippen LogP) is 4.81. The standard InChI is InChI=1S/C26H25F3N2O5S/c1-4-36-24(33)22-19(13-37-25(34)15-8-10-18(30)11-9-15)31-14(2)20(23(32)35-3)21(22)16-6-5-7-17(12-16)26(27,28)29/h5-12,21,31H,4,13,30H2,1-3H3. The quantitative estimate of drug-likeness (QED) is 0.385. The van der Waals surface area contributed by atoms with Gasteiger partial charge in [-0.15, -0.1) is 0 Å². The Balaban J connectivity index is 2.12. The average molecular weight is 535 g/mol. The molecule has 2 aromatic rings. The molecule has 0 spiro atoms. The molecule has 0 amide bonds. The highest BCUT2D eigenvalue weighted by molar-refractivity contribution is 8.14. The summed E-state index contributed by atoms with van der Waals surface area (Å²) in [7, 11) is 1.14. The van der Waals surface area contributed by atoms with Crippen LogP contribution in [-0.2, 0) is 25.2 Å². The maximum absolute atomic E-state index is 13.5. The molecule has 7 nitrogen and oxygen atoms in total. The Kier molecular flexibility index (Phi) is 8.69. The molecule has 0 fully saturated rings. The zero-order valence-electron chi connectivity index (χ0n) is 20.3. The van der Waals surface area contributed by atoms with Crippen LogP contribution < -0.4 is 11.1 Å². The molecule has 0 saturated carbocycles. The maximum Gasteiger partial charge on any atom is 0.416 e. The van der Waals surface area contributed by atoms with Crippen LogP contribution in [0.25, 0.3) is 0 Å². The summed E-state index contributed by atoms with van der Waals surface area (Å²) in [4.78, 5) is 38.7. The number of allylic oxidation sites excluding steroid dienone is 1. The maximum atomic E-state index is 13.5. The van der Waals surface area contributed by atoms with Crippen molar-refractivity contribution in [2.24, 2.45) is 0 Å². The minimum absolute atomic E-state index is 0.0152. The van der Waals surface area contributed by atoms with Crippen LogP contribution in [-0.4, -0.2) is 36.5 Å². The SMILES string of the molecule is CCOC(=O)C1=C(CSC(=O)c2ccc(N)cc2)NC(C)=C(C(=O)OC)C1c1cccc(C(F)(F)F)c1. The third kappa shape index (κ3) is 6.34. The molecule has 1 heterocycles. The van der Waals surface area contributed by atoms with E-state index in [1.165, 1.54) is 12.1 Å². The van der Waals surface area contributed by atoms with E-state index in [1.807, 2.05) is 0 Å². The van der Waals surface area contributed by atoms with Crippen LogP contribution in [0.1, 0.15) is 41.3 Å². The lowest BCUT2D eigenvalue weighted by molar-refractivity contribution is -0.139. The van der Waals surface area contributed by atoms with Crippen LogP contribution >= 0.6 is 11.8 Å². The van der Waals surface area contributed by atoms with Gasteiger partial charge in [-0.2, -0.15) is 13.2 Å². The van der Waals surface area contributed by atoms with Gasteiger partial charge in [0, 0.05) is 28.4 Å². The number of methoxy groups -OCH3 is 1. The second kappa shape index (κ2) is 11.5. The number of hydrogen-bond acceptors (Lipinski definition) is 8. The molecule has 11 heteroatoms. The normalized spacial score (nSPS) is 15.8. The van der Waals surface area contributed by atoms with Crippen LogP contribution in [0.3, 0.4) is 0 Å². The number of anilines is 1. The van der Waals surface area contributed by atoms with Gasteiger partial charge < -0.3 is 20.5 Å². The molecule has 1 aliphatic heterocycles. The summed E-state index contributed by atoms with van der Waals surface area (Å²) in [6.07, 6.45) is -4.65. The molecule has 3 rings (SSSR count). The van der Waals surface area contributed by atoms with Crippen molar-refractivity contribution in [1.29, 1.82) is 0 Å². The molecule has 0 radical (unpaired) electrons. The largest absolute Gasteiger partial charge is 0.466 e. The van der Waals surface area contributed by atoms with Crippen LogP contribution in [0.4, 0.5) is 18.9 Å². The summed E-state index contributed by atoms with van der Waals surface area (Å²) in [5.41, 5.74) is 6.04. The Bertz CT molecular complexity index is 1270. The van der Waals surface area contributed by atoms with Gasteiger partial charge >= 0.3 is 18.1 Å². The topological polar surface area (TPSA) is 108 Å². The summed E-state index contributed by atoms with van der Waals surface area (Å²) < 4.78 is 50.7. The molecule has 0 bridgehead atoms. The number of carbonyl (C=O) groups is 3.